The van der Waals surface area contributed by atoms with E-state index < -0.39 is 0 Å². The number of piperidine rings is 2. The average Bonchev–Trinajstić information content (AvgIpc) is 2.61. The van der Waals surface area contributed by atoms with Crippen LogP contribution in [0.3, 0.4) is 0 Å². The van der Waals surface area contributed by atoms with Crippen molar-refractivity contribution in [2.75, 3.05) is 14.1 Å². The van der Waals surface area contributed by atoms with Gasteiger partial charge in [0, 0.05) is 57.4 Å². The van der Waals surface area contributed by atoms with Crippen molar-refractivity contribution in [3.63, 3.8) is 0 Å². The standard InChI is InChI=1S/C11H20N2O2.C11H19NO3/c1-7-9(12-8(2)14)6-10(15)13(5)11(7,3)4;1-7-9(15-8(2)13)6-10(14)12(5)11(7,3)4/h7,9H,6H2,1-5H3,(H,12,14);7,9H,6H2,1-5H3. The third-order valence-electron chi connectivity index (χ3n) is 7.34. The summed E-state index contributed by atoms with van der Waals surface area (Å²) in [6.07, 6.45) is 0.405. The summed E-state index contributed by atoms with van der Waals surface area (Å²) in [4.78, 5) is 48.8. The highest BCUT2D eigenvalue weighted by atomic mass is 16.5. The highest BCUT2D eigenvalue weighted by Crippen LogP contribution is 2.34. The van der Waals surface area contributed by atoms with Crippen LogP contribution in [-0.4, -0.2) is 70.8 Å². The molecule has 2 aliphatic rings. The molecule has 0 spiro atoms. The minimum Gasteiger partial charge on any atom is -0.462 e. The van der Waals surface area contributed by atoms with Crippen molar-refractivity contribution in [3.8, 4) is 0 Å². The Morgan fingerprint density at radius 2 is 1.33 bits per heavy atom. The van der Waals surface area contributed by atoms with E-state index in [4.69, 9.17) is 4.74 Å². The molecule has 2 fully saturated rings. The van der Waals surface area contributed by atoms with Crippen molar-refractivity contribution in [2.45, 2.75) is 91.5 Å². The molecular formula is C22H39N3O5. The lowest BCUT2D eigenvalue weighted by Crippen LogP contribution is -2.61. The summed E-state index contributed by atoms with van der Waals surface area (Å²) in [7, 11) is 3.62. The molecule has 2 heterocycles. The molecule has 172 valence electrons. The molecule has 2 aliphatic heterocycles. The van der Waals surface area contributed by atoms with Gasteiger partial charge in [0.2, 0.25) is 17.7 Å². The van der Waals surface area contributed by atoms with Gasteiger partial charge in [0.05, 0.1) is 6.42 Å². The zero-order chi connectivity index (χ0) is 23.6. The first kappa shape index (κ1) is 25.9. The van der Waals surface area contributed by atoms with E-state index in [0.717, 1.165) is 0 Å². The van der Waals surface area contributed by atoms with E-state index in [2.05, 4.69) is 12.2 Å². The molecule has 0 aromatic rings. The minimum absolute atomic E-state index is 0.0318. The van der Waals surface area contributed by atoms with Gasteiger partial charge in [-0.05, 0) is 33.6 Å². The number of rotatable bonds is 2. The number of likely N-dealkylation sites (tertiary alicyclic amines) is 2. The first-order valence-electron chi connectivity index (χ1n) is 10.5. The fraction of sp³-hybridized carbons (Fsp3) is 0.818. The molecule has 1 N–H and O–H groups in total. The topological polar surface area (TPSA) is 96.0 Å². The maximum atomic E-state index is 11.7. The lowest BCUT2D eigenvalue weighted by Gasteiger charge is -2.48. The van der Waals surface area contributed by atoms with Gasteiger partial charge >= 0.3 is 5.97 Å². The van der Waals surface area contributed by atoms with Crippen LogP contribution in [0.15, 0.2) is 0 Å². The lowest BCUT2D eigenvalue weighted by molar-refractivity contribution is -0.165. The summed E-state index contributed by atoms with van der Waals surface area (Å²) in [5, 5.41) is 2.85. The van der Waals surface area contributed by atoms with Gasteiger partial charge < -0.3 is 19.9 Å². The molecule has 4 atom stereocenters. The second kappa shape index (κ2) is 9.35. The summed E-state index contributed by atoms with van der Waals surface area (Å²) in [6, 6.07) is -0.0406. The summed E-state index contributed by atoms with van der Waals surface area (Å²) in [5.41, 5.74) is -0.474. The summed E-state index contributed by atoms with van der Waals surface area (Å²) < 4.78 is 5.17. The van der Waals surface area contributed by atoms with Crippen LogP contribution in [0.4, 0.5) is 0 Å². The molecule has 2 saturated heterocycles. The zero-order valence-corrected chi connectivity index (χ0v) is 20.2. The number of ether oxygens (including phenoxy) is 1. The number of nitrogens with one attached hydrogen (secondary N) is 1. The van der Waals surface area contributed by atoms with Crippen LogP contribution in [0.1, 0.15) is 68.2 Å². The van der Waals surface area contributed by atoms with Gasteiger partial charge in [-0.1, -0.05) is 13.8 Å². The van der Waals surface area contributed by atoms with Gasteiger partial charge in [0.15, 0.2) is 0 Å². The first-order valence-corrected chi connectivity index (χ1v) is 10.5. The highest BCUT2D eigenvalue weighted by Gasteiger charge is 2.45. The van der Waals surface area contributed by atoms with Crippen LogP contribution >= 0.6 is 0 Å². The van der Waals surface area contributed by atoms with Crippen LogP contribution in [0, 0.1) is 11.8 Å². The maximum absolute atomic E-state index is 11.7. The predicted octanol–water partition coefficient (Wildman–Crippen LogP) is 1.96. The predicted molar refractivity (Wildman–Crippen MR) is 114 cm³/mol. The molecule has 0 radical (unpaired) electrons. The van der Waals surface area contributed by atoms with Crippen LogP contribution in [-0.2, 0) is 23.9 Å². The van der Waals surface area contributed by atoms with Crippen molar-refractivity contribution < 1.29 is 23.9 Å². The Kier molecular flexibility index (Phi) is 8.08. The van der Waals surface area contributed by atoms with Crippen LogP contribution in [0.2, 0.25) is 0 Å². The molecule has 0 saturated carbocycles. The summed E-state index contributed by atoms with van der Waals surface area (Å²) >= 11 is 0. The summed E-state index contributed by atoms with van der Waals surface area (Å²) in [5.74, 6) is 0.134. The Balaban J connectivity index is 0.000000300. The largest absolute Gasteiger partial charge is 0.462 e. The molecule has 4 unspecified atom stereocenters. The number of carbonyl (C=O) groups is 4. The van der Waals surface area contributed by atoms with Gasteiger partial charge in [0.1, 0.15) is 6.10 Å². The van der Waals surface area contributed by atoms with Crippen molar-refractivity contribution in [3.05, 3.63) is 0 Å². The highest BCUT2D eigenvalue weighted by molar-refractivity contribution is 5.80. The molecule has 30 heavy (non-hydrogen) atoms. The smallest absolute Gasteiger partial charge is 0.302 e. The average molecular weight is 426 g/mol. The number of esters is 1. The number of carbonyl (C=O) groups excluding carboxylic acids is 4. The molecule has 2 rings (SSSR count). The number of nitrogens with zero attached hydrogens (tertiary/aromatic N) is 2. The second-order valence-corrected chi connectivity index (χ2v) is 9.65. The van der Waals surface area contributed by atoms with Crippen LogP contribution < -0.4 is 5.32 Å². The van der Waals surface area contributed by atoms with Crippen LogP contribution in [0.5, 0.6) is 0 Å². The molecule has 8 nitrogen and oxygen atoms in total. The molecular weight excluding hydrogens is 386 g/mol. The quantitative estimate of drug-likeness (QED) is 0.683. The lowest BCUT2D eigenvalue weighted by atomic mass is 9.77. The van der Waals surface area contributed by atoms with Gasteiger partial charge in [-0.2, -0.15) is 0 Å². The van der Waals surface area contributed by atoms with Crippen molar-refractivity contribution in [1.82, 2.24) is 15.1 Å². The zero-order valence-electron chi connectivity index (χ0n) is 20.2. The number of amides is 3. The third kappa shape index (κ3) is 5.52. The fourth-order valence-electron chi connectivity index (χ4n) is 3.98. The number of hydrogen-bond acceptors (Lipinski definition) is 5. The Morgan fingerprint density at radius 1 is 0.900 bits per heavy atom. The normalized spacial score (nSPS) is 30.2. The van der Waals surface area contributed by atoms with Gasteiger partial charge in [-0.25, -0.2) is 0 Å². The van der Waals surface area contributed by atoms with E-state index in [1.54, 1.807) is 16.8 Å². The van der Waals surface area contributed by atoms with E-state index in [9.17, 15) is 19.2 Å². The molecule has 0 aliphatic carbocycles. The Morgan fingerprint density at radius 3 is 1.77 bits per heavy atom. The van der Waals surface area contributed by atoms with E-state index >= 15 is 0 Å². The molecule has 3 amide bonds. The van der Waals surface area contributed by atoms with Gasteiger partial charge in [-0.3, -0.25) is 19.2 Å². The van der Waals surface area contributed by atoms with Gasteiger partial charge in [0.25, 0.3) is 0 Å². The Hall–Kier alpha value is -2.12. The van der Waals surface area contributed by atoms with Crippen molar-refractivity contribution in [2.24, 2.45) is 11.8 Å². The van der Waals surface area contributed by atoms with E-state index in [1.807, 2.05) is 41.7 Å². The molecule has 0 aromatic carbocycles. The Labute approximate surface area is 180 Å². The van der Waals surface area contributed by atoms with E-state index in [1.165, 1.54) is 13.8 Å². The maximum Gasteiger partial charge on any atom is 0.302 e. The van der Waals surface area contributed by atoms with E-state index in [-0.39, 0.29) is 58.8 Å². The number of hydrogen-bond donors (Lipinski definition) is 1. The van der Waals surface area contributed by atoms with Crippen molar-refractivity contribution in [1.29, 1.82) is 0 Å². The molecule has 0 aromatic heterocycles. The van der Waals surface area contributed by atoms with Crippen LogP contribution in [0.25, 0.3) is 0 Å². The third-order valence-corrected chi connectivity index (χ3v) is 7.34. The summed E-state index contributed by atoms with van der Waals surface area (Å²) in [6.45, 7) is 15.0. The van der Waals surface area contributed by atoms with E-state index in [0.29, 0.717) is 12.8 Å². The second-order valence-electron chi connectivity index (χ2n) is 9.65. The van der Waals surface area contributed by atoms with Gasteiger partial charge in [-0.15, -0.1) is 0 Å². The Bertz CT molecular complexity index is 630. The molecule has 0 bridgehead atoms. The fourth-order valence-corrected chi connectivity index (χ4v) is 3.98. The monoisotopic (exact) mass is 425 g/mol. The van der Waals surface area contributed by atoms with Crippen molar-refractivity contribution >= 4 is 23.7 Å². The minimum atomic E-state index is -0.319. The molecule has 8 heteroatoms. The SMILES string of the molecule is CC(=O)NC1CC(=O)N(C)C(C)(C)C1C.CC(=O)OC1CC(=O)N(C)C(C)(C)C1C. The first-order chi connectivity index (χ1) is 13.5.